The molecule has 25 heavy (non-hydrogen) atoms. The highest BCUT2D eigenvalue weighted by molar-refractivity contribution is 5.87. The van der Waals surface area contributed by atoms with E-state index in [0.717, 1.165) is 11.0 Å². The van der Waals surface area contributed by atoms with Crippen molar-refractivity contribution in [1.82, 2.24) is 4.90 Å². The Morgan fingerprint density at radius 2 is 2.16 bits per heavy atom. The number of amides is 1. The normalized spacial score (nSPS) is 27.2. The van der Waals surface area contributed by atoms with Crippen molar-refractivity contribution in [2.45, 2.75) is 19.3 Å². The first-order valence-electron chi connectivity index (χ1n) is 8.60. The summed E-state index contributed by atoms with van der Waals surface area (Å²) in [6.45, 7) is 3.32. The molecule has 0 saturated carbocycles. The standard InChI is InChI=1S/C19H21NO5/c1-12(16-8-13-4-2-3-5-15(13)25-16)17(21)20-9-14-10-24-7-6-19(14,11-20)18(22)23/h2-5,8,12,14H,6-7,9-11H2,1H3,(H,22,23)/t12?,14-,19+/m0/s1. The lowest BCUT2D eigenvalue weighted by Crippen LogP contribution is -2.45. The second-order valence-corrected chi connectivity index (χ2v) is 7.11. The van der Waals surface area contributed by atoms with Gasteiger partial charge < -0.3 is 19.2 Å². The minimum atomic E-state index is -0.874. The molecule has 1 unspecified atom stereocenters. The topological polar surface area (TPSA) is 80.0 Å². The summed E-state index contributed by atoms with van der Waals surface area (Å²) >= 11 is 0. The van der Waals surface area contributed by atoms with Crippen LogP contribution in [-0.4, -0.2) is 48.2 Å². The maximum Gasteiger partial charge on any atom is 0.311 e. The summed E-state index contributed by atoms with van der Waals surface area (Å²) in [5, 5.41) is 10.7. The number of hydrogen-bond donors (Lipinski definition) is 1. The van der Waals surface area contributed by atoms with Gasteiger partial charge in [0.25, 0.3) is 0 Å². The molecule has 1 aromatic heterocycles. The average molecular weight is 343 g/mol. The predicted molar refractivity (Wildman–Crippen MR) is 90.2 cm³/mol. The summed E-state index contributed by atoms with van der Waals surface area (Å²) in [5.41, 5.74) is -0.121. The molecule has 1 N–H and O–H groups in total. The van der Waals surface area contributed by atoms with Crippen LogP contribution in [0.2, 0.25) is 0 Å². The second-order valence-electron chi connectivity index (χ2n) is 7.11. The van der Waals surface area contributed by atoms with Crippen LogP contribution in [0, 0.1) is 11.3 Å². The summed E-state index contributed by atoms with van der Waals surface area (Å²) < 4.78 is 11.3. The third-order valence-corrected chi connectivity index (χ3v) is 5.69. The summed E-state index contributed by atoms with van der Waals surface area (Å²) in [7, 11) is 0. The smallest absolute Gasteiger partial charge is 0.311 e. The lowest BCUT2D eigenvalue weighted by Gasteiger charge is -2.33. The van der Waals surface area contributed by atoms with Gasteiger partial charge in [-0.3, -0.25) is 9.59 Å². The molecule has 1 aromatic carbocycles. The van der Waals surface area contributed by atoms with Gasteiger partial charge in [-0.25, -0.2) is 0 Å². The first kappa shape index (κ1) is 16.1. The summed E-state index contributed by atoms with van der Waals surface area (Å²) in [5.74, 6) is -0.895. The van der Waals surface area contributed by atoms with Crippen LogP contribution in [0.4, 0.5) is 0 Å². The van der Waals surface area contributed by atoms with Gasteiger partial charge in [0.15, 0.2) is 0 Å². The summed E-state index contributed by atoms with van der Waals surface area (Å²) in [6.07, 6.45) is 0.454. The molecule has 2 aromatic rings. The van der Waals surface area contributed by atoms with Gasteiger partial charge in [0.1, 0.15) is 11.3 Å². The quantitative estimate of drug-likeness (QED) is 0.926. The first-order chi connectivity index (χ1) is 12.0. The van der Waals surface area contributed by atoms with Gasteiger partial charge in [-0.05, 0) is 25.5 Å². The Balaban J connectivity index is 1.57. The number of likely N-dealkylation sites (tertiary alicyclic amines) is 1. The van der Waals surface area contributed by atoms with Crippen molar-refractivity contribution in [3.63, 3.8) is 0 Å². The fourth-order valence-electron chi connectivity index (χ4n) is 4.08. The number of carboxylic acids is 1. The zero-order valence-electron chi connectivity index (χ0n) is 14.1. The van der Waals surface area contributed by atoms with E-state index >= 15 is 0 Å². The van der Waals surface area contributed by atoms with Crippen molar-refractivity contribution in [3.05, 3.63) is 36.1 Å². The molecular weight excluding hydrogens is 322 g/mol. The van der Waals surface area contributed by atoms with Crippen molar-refractivity contribution in [3.8, 4) is 0 Å². The van der Waals surface area contributed by atoms with E-state index in [4.69, 9.17) is 9.15 Å². The van der Waals surface area contributed by atoms with Gasteiger partial charge in [0.05, 0.1) is 17.9 Å². The lowest BCUT2D eigenvalue weighted by atomic mass is 9.74. The van der Waals surface area contributed by atoms with Crippen LogP contribution in [0.3, 0.4) is 0 Å². The second kappa shape index (κ2) is 5.88. The van der Waals surface area contributed by atoms with Crippen LogP contribution in [0.1, 0.15) is 25.0 Å². The van der Waals surface area contributed by atoms with Crippen LogP contribution in [-0.2, 0) is 14.3 Å². The third kappa shape index (κ3) is 2.52. The lowest BCUT2D eigenvalue weighted by molar-refractivity contribution is -0.157. The van der Waals surface area contributed by atoms with Crippen molar-refractivity contribution < 1.29 is 23.8 Å². The predicted octanol–water partition coefficient (Wildman–Crippen LogP) is 2.49. The van der Waals surface area contributed by atoms with Crippen LogP contribution >= 0.6 is 0 Å². The number of ether oxygens (including phenoxy) is 1. The number of carbonyl (C=O) groups excluding carboxylic acids is 1. The third-order valence-electron chi connectivity index (χ3n) is 5.69. The highest BCUT2D eigenvalue weighted by Gasteiger charge is 2.55. The fourth-order valence-corrected chi connectivity index (χ4v) is 4.08. The molecule has 3 atom stereocenters. The number of carboxylic acid groups (broad SMARTS) is 1. The number of benzene rings is 1. The van der Waals surface area contributed by atoms with Gasteiger partial charge in [-0.2, -0.15) is 0 Å². The number of aliphatic carboxylic acids is 1. The van der Waals surface area contributed by atoms with E-state index in [1.807, 2.05) is 37.3 Å². The molecular formula is C19H21NO5. The van der Waals surface area contributed by atoms with Crippen molar-refractivity contribution in [2.24, 2.45) is 11.3 Å². The molecule has 4 rings (SSSR count). The fraction of sp³-hybridized carbons (Fsp3) is 0.474. The highest BCUT2D eigenvalue weighted by Crippen LogP contribution is 2.43. The number of para-hydroxylation sites is 1. The van der Waals surface area contributed by atoms with Gasteiger partial charge in [0.2, 0.25) is 5.91 Å². The van der Waals surface area contributed by atoms with Crippen molar-refractivity contribution in [2.75, 3.05) is 26.3 Å². The van der Waals surface area contributed by atoms with Crippen LogP contribution in [0.15, 0.2) is 34.7 Å². The van der Waals surface area contributed by atoms with Gasteiger partial charge in [0, 0.05) is 31.0 Å². The zero-order chi connectivity index (χ0) is 17.6. The van der Waals surface area contributed by atoms with E-state index in [2.05, 4.69) is 0 Å². The molecule has 1 amide bonds. The minimum Gasteiger partial charge on any atom is -0.481 e. The molecule has 6 heteroatoms. The highest BCUT2D eigenvalue weighted by atomic mass is 16.5. The van der Waals surface area contributed by atoms with Crippen LogP contribution in [0.5, 0.6) is 0 Å². The van der Waals surface area contributed by atoms with E-state index in [-0.39, 0.29) is 18.4 Å². The van der Waals surface area contributed by atoms with Gasteiger partial charge in [-0.15, -0.1) is 0 Å². The Labute approximate surface area is 145 Å². The molecule has 132 valence electrons. The molecule has 0 aliphatic carbocycles. The van der Waals surface area contributed by atoms with Crippen LogP contribution < -0.4 is 0 Å². The Morgan fingerprint density at radius 3 is 2.88 bits per heavy atom. The number of fused-ring (bicyclic) bond motifs is 2. The molecule has 0 bridgehead atoms. The monoisotopic (exact) mass is 343 g/mol. The van der Waals surface area contributed by atoms with Crippen molar-refractivity contribution in [1.29, 1.82) is 0 Å². The van der Waals surface area contributed by atoms with E-state index < -0.39 is 17.3 Å². The summed E-state index contributed by atoms with van der Waals surface area (Å²) in [6, 6.07) is 9.52. The Hall–Kier alpha value is -2.34. The van der Waals surface area contributed by atoms with Crippen LogP contribution in [0.25, 0.3) is 11.0 Å². The number of nitrogens with zero attached hydrogens (tertiary/aromatic N) is 1. The minimum absolute atomic E-state index is 0.0888. The molecule has 2 saturated heterocycles. The van der Waals surface area contributed by atoms with E-state index in [9.17, 15) is 14.7 Å². The molecule has 2 fully saturated rings. The Morgan fingerprint density at radius 1 is 1.36 bits per heavy atom. The largest absolute Gasteiger partial charge is 0.481 e. The van der Waals surface area contributed by atoms with Crippen molar-refractivity contribution >= 4 is 22.8 Å². The summed E-state index contributed by atoms with van der Waals surface area (Å²) in [4.78, 5) is 26.5. The molecule has 0 spiro atoms. The molecule has 2 aliphatic rings. The van der Waals surface area contributed by atoms with E-state index in [0.29, 0.717) is 31.9 Å². The SMILES string of the molecule is CC(C(=O)N1C[C@H]2COCC[C@@]2(C(=O)O)C1)c1cc2ccccc2o1. The molecule has 3 heterocycles. The number of furan rings is 1. The molecule has 0 radical (unpaired) electrons. The molecule has 6 nitrogen and oxygen atoms in total. The maximum absolute atomic E-state index is 13.0. The molecule has 2 aliphatic heterocycles. The van der Waals surface area contributed by atoms with E-state index in [1.165, 1.54) is 0 Å². The number of carbonyl (C=O) groups is 2. The zero-order valence-corrected chi connectivity index (χ0v) is 14.1. The Kier molecular flexibility index (Phi) is 3.80. The Bertz CT molecular complexity index is 795. The van der Waals surface area contributed by atoms with Gasteiger partial charge >= 0.3 is 5.97 Å². The number of rotatable bonds is 3. The average Bonchev–Trinajstić information content (AvgIpc) is 3.22. The van der Waals surface area contributed by atoms with Gasteiger partial charge in [-0.1, -0.05) is 18.2 Å². The number of hydrogen-bond acceptors (Lipinski definition) is 4. The first-order valence-corrected chi connectivity index (χ1v) is 8.60. The maximum atomic E-state index is 13.0. The van der Waals surface area contributed by atoms with E-state index in [1.54, 1.807) is 4.90 Å².